The van der Waals surface area contributed by atoms with Gasteiger partial charge in [-0.3, -0.25) is 9.59 Å². The SMILES string of the molecule is COc1ccc(N2CCN(C(=O)C3(C(=O)N(C)c4ccccc4)CC3)CC2)cc1. The topological polar surface area (TPSA) is 53.1 Å². The highest BCUT2D eigenvalue weighted by Crippen LogP contribution is 2.49. The van der Waals surface area contributed by atoms with Crippen molar-refractivity contribution in [2.24, 2.45) is 5.41 Å². The number of nitrogens with zero attached hydrogens (tertiary/aromatic N) is 3. The van der Waals surface area contributed by atoms with Crippen molar-refractivity contribution in [2.75, 3.05) is 50.1 Å². The predicted octanol–water partition coefficient (Wildman–Crippen LogP) is 2.79. The first-order chi connectivity index (χ1) is 14.0. The van der Waals surface area contributed by atoms with Crippen molar-refractivity contribution in [1.82, 2.24) is 4.90 Å². The average Bonchev–Trinajstić information content (AvgIpc) is 3.60. The second-order valence-electron chi connectivity index (χ2n) is 7.76. The first kappa shape index (κ1) is 19.3. The number of piperazine rings is 1. The third kappa shape index (κ3) is 3.67. The Hall–Kier alpha value is -3.02. The van der Waals surface area contributed by atoms with Gasteiger partial charge in [-0.2, -0.15) is 0 Å². The number of hydrogen-bond acceptors (Lipinski definition) is 4. The molecule has 29 heavy (non-hydrogen) atoms. The third-order valence-corrected chi connectivity index (χ3v) is 6.02. The minimum Gasteiger partial charge on any atom is -0.497 e. The third-order valence-electron chi connectivity index (χ3n) is 6.02. The second kappa shape index (κ2) is 7.78. The number of rotatable bonds is 5. The molecule has 2 aliphatic rings. The molecule has 0 radical (unpaired) electrons. The van der Waals surface area contributed by atoms with E-state index in [1.165, 1.54) is 0 Å². The van der Waals surface area contributed by atoms with Crippen LogP contribution in [0.1, 0.15) is 12.8 Å². The summed E-state index contributed by atoms with van der Waals surface area (Å²) in [5, 5.41) is 0. The van der Waals surface area contributed by atoms with Crippen LogP contribution in [0.5, 0.6) is 5.75 Å². The number of ether oxygens (including phenoxy) is 1. The van der Waals surface area contributed by atoms with Gasteiger partial charge in [-0.05, 0) is 49.2 Å². The van der Waals surface area contributed by atoms with E-state index in [9.17, 15) is 9.59 Å². The fourth-order valence-corrected chi connectivity index (χ4v) is 4.00. The van der Waals surface area contributed by atoms with E-state index in [0.717, 1.165) is 30.2 Å². The number of anilines is 2. The average molecular weight is 393 g/mol. The maximum absolute atomic E-state index is 13.2. The van der Waals surface area contributed by atoms with Crippen LogP contribution in [0.4, 0.5) is 11.4 Å². The molecular formula is C23H27N3O3. The summed E-state index contributed by atoms with van der Waals surface area (Å²) in [5.74, 6) is 0.727. The Bertz CT molecular complexity index is 870. The van der Waals surface area contributed by atoms with Crippen LogP contribution in [0, 0.1) is 5.41 Å². The number of hydrogen-bond donors (Lipinski definition) is 0. The first-order valence-corrected chi connectivity index (χ1v) is 10.1. The van der Waals surface area contributed by atoms with Crippen molar-refractivity contribution >= 4 is 23.2 Å². The van der Waals surface area contributed by atoms with Gasteiger partial charge in [0.2, 0.25) is 11.8 Å². The Morgan fingerprint density at radius 1 is 0.931 bits per heavy atom. The molecule has 0 spiro atoms. The van der Waals surface area contributed by atoms with Crippen LogP contribution in [0.25, 0.3) is 0 Å². The van der Waals surface area contributed by atoms with Crippen molar-refractivity contribution in [1.29, 1.82) is 0 Å². The molecule has 1 saturated heterocycles. The van der Waals surface area contributed by atoms with E-state index in [2.05, 4.69) is 4.90 Å². The molecule has 0 aromatic heterocycles. The molecule has 1 heterocycles. The van der Waals surface area contributed by atoms with E-state index in [-0.39, 0.29) is 11.8 Å². The summed E-state index contributed by atoms with van der Waals surface area (Å²) >= 11 is 0. The molecule has 1 aliphatic carbocycles. The zero-order valence-corrected chi connectivity index (χ0v) is 17.0. The molecule has 6 heteroatoms. The van der Waals surface area contributed by atoms with Gasteiger partial charge >= 0.3 is 0 Å². The van der Waals surface area contributed by atoms with Crippen LogP contribution in [0.15, 0.2) is 54.6 Å². The number of para-hydroxylation sites is 1. The summed E-state index contributed by atoms with van der Waals surface area (Å²) in [4.78, 5) is 32.1. The highest BCUT2D eigenvalue weighted by atomic mass is 16.5. The fourth-order valence-electron chi connectivity index (χ4n) is 4.00. The Kier molecular flexibility index (Phi) is 5.18. The lowest BCUT2D eigenvalue weighted by molar-refractivity contribution is -0.143. The van der Waals surface area contributed by atoms with Crippen molar-refractivity contribution in [3.63, 3.8) is 0 Å². The van der Waals surface area contributed by atoms with Crippen molar-refractivity contribution < 1.29 is 14.3 Å². The maximum Gasteiger partial charge on any atom is 0.242 e. The van der Waals surface area contributed by atoms with E-state index < -0.39 is 5.41 Å². The Balaban J connectivity index is 1.39. The number of carbonyl (C=O) groups is 2. The number of benzene rings is 2. The maximum atomic E-state index is 13.2. The molecule has 6 nitrogen and oxygen atoms in total. The van der Waals surface area contributed by atoms with Crippen LogP contribution in [-0.2, 0) is 9.59 Å². The normalized spacial score (nSPS) is 17.6. The number of amides is 2. The van der Waals surface area contributed by atoms with E-state index in [1.54, 1.807) is 19.1 Å². The summed E-state index contributed by atoms with van der Waals surface area (Å²) in [6.45, 7) is 2.79. The molecular weight excluding hydrogens is 366 g/mol. The fraction of sp³-hybridized carbons (Fsp3) is 0.391. The summed E-state index contributed by atoms with van der Waals surface area (Å²) < 4.78 is 5.22. The largest absolute Gasteiger partial charge is 0.497 e. The lowest BCUT2D eigenvalue weighted by atomic mass is 10.0. The molecule has 1 saturated carbocycles. The standard InChI is InChI=1S/C23H27N3O3/c1-24(18-6-4-3-5-7-18)21(27)23(12-13-23)22(28)26-16-14-25(15-17-26)19-8-10-20(29-2)11-9-19/h3-11H,12-17H2,1-2H3. The van der Waals surface area contributed by atoms with Crippen LogP contribution < -0.4 is 14.5 Å². The molecule has 2 aromatic rings. The van der Waals surface area contributed by atoms with Gasteiger partial charge < -0.3 is 19.4 Å². The molecule has 0 atom stereocenters. The van der Waals surface area contributed by atoms with Gasteiger partial charge in [-0.15, -0.1) is 0 Å². The van der Waals surface area contributed by atoms with E-state index in [4.69, 9.17) is 4.74 Å². The summed E-state index contributed by atoms with van der Waals surface area (Å²) in [7, 11) is 3.41. The summed E-state index contributed by atoms with van der Waals surface area (Å²) in [6, 6.07) is 17.5. The lowest BCUT2D eigenvalue weighted by Gasteiger charge is -2.38. The molecule has 0 unspecified atom stereocenters. The van der Waals surface area contributed by atoms with Crippen LogP contribution in [-0.4, -0.2) is 57.1 Å². The predicted molar refractivity (Wildman–Crippen MR) is 113 cm³/mol. The van der Waals surface area contributed by atoms with Gasteiger partial charge in [0.05, 0.1) is 7.11 Å². The monoisotopic (exact) mass is 393 g/mol. The molecule has 1 aliphatic heterocycles. The van der Waals surface area contributed by atoms with Crippen LogP contribution in [0.2, 0.25) is 0 Å². The molecule has 0 bridgehead atoms. The van der Waals surface area contributed by atoms with Crippen LogP contribution in [0.3, 0.4) is 0 Å². The molecule has 2 fully saturated rings. The number of carbonyl (C=O) groups excluding carboxylic acids is 2. The summed E-state index contributed by atoms with van der Waals surface area (Å²) in [6.07, 6.45) is 1.28. The Labute approximate surface area is 171 Å². The van der Waals surface area contributed by atoms with Gasteiger partial charge in [0, 0.05) is 44.6 Å². The molecule has 2 amide bonds. The van der Waals surface area contributed by atoms with Gasteiger partial charge in [-0.1, -0.05) is 18.2 Å². The molecule has 0 N–H and O–H groups in total. The minimum absolute atomic E-state index is 0.0142. The number of methoxy groups -OCH3 is 1. The van der Waals surface area contributed by atoms with E-state index in [0.29, 0.717) is 25.9 Å². The highest BCUT2D eigenvalue weighted by molar-refractivity contribution is 6.13. The van der Waals surface area contributed by atoms with Gasteiger partial charge in [0.25, 0.3) is 0 Å². The smallest absolute Gasteiger partial charge is 0.242 e. The zero-order chi connectivity index (χ0) is 20.4. The molecule has 4 rings (SSSR count). The van der Waals surface area contributed by atoms with Gasteiger partial charge in [0.15, 0.2) is 0 Å². The van der Waals surface area contributed by atoms with Crippen molar-refractivity contribution in [3.05, 3.63) is 54.6 Å². The molecule has 2 aromatic carbocycles. The van der Waals surface area contributed by atoms with E-state index in [1.807, 2.05) is 59.5 Å². The molecule has 152 valence electrons. The zero-order valence-electron chi connectivity index (χ0n) is 17.0. The quantitative estimate of drug-likeness (QED) is 0.733. The van der Waals surface area contributed by atoms with Gasteiger partial charge in [-0.25, -0.2) is 0 Å². The van der Waals surface area contributed by atoms with Crippen molar-refractivity contribution in [3.8, 4) is 5.75 Å². The lowest BCUT2D eigenvalue weighted by Crippen LogP contribution is -2.53. The second-order valence-corrected chi connectivity index (χ2v) is 7.76. The minimum atomic E-state index is -0.868. The summed E-state index contributed by atoms with van der Waals surface area (Å²) in [5.41, 5.74) is 1.08. The Morgan fingerprint density at radius 3 is 2.10 bits per heavy atom. The van der Waals surface area contributed by atoms with Crippen LogP contribution >= 0.6 is 0 Å². The van der Waals surface area contributed by atoms with E-state index >= 15 is 0 Å². The van der Waals surface area contributed by atoms with Gasteiger partial charge in [0.1, 0.15) is 11.2 Å². The van der Waals surface area contributed by atoms with Crippen molar-refractivity contribution in [2.45, 2.75) is 12.8 Å². The first-order valence-electron chi connectivity index (χ1n) is 10.1. The Morgan fingerprint density at radius 2 is 1.55 bits per heavy atom. The highest BCUT2D eigenvalue weighted by Gasteiger charge is 2.59.